The van der Waals surface area contributed by atoms with Gasteiger partial charge in [-0.2, -0.15) is 0 Å². The van der Waals surface area contributed by atoms with E-state index in [4.69, 9.17) is 4.74 Å². The van der Waals surface area contributed by atoms with Crippen molar-refractivity contribution >= 4 is 17.7 Å². The van der Waals surface area contributed by atoms with Gasteiger partial charge < -0.3 is 24.5 Å². The van der Waals surface area contributed by atoms with Crippen molar-refractivity contribution in [2.45, 2.75) is 110 Å². The molecule has 3 saturated heterocycles. The Labute approximate surface area is 235 Å². The molecule has 0 aromatic rings. The summed E-state index contributed by atoms with van der Waals surface area (Å²) in [6.07, 6.45) is 6.19. The zero-order chi connectivity index (χ0) is 29.3. The summed E-state index contributed by atoms with van der Waals surface area (Å²) in [4.78, 5) is 48.1. The number of aliphatic hydroxyl groups is 1. The average molecular weight is 546 g/mol. The highest BCUT2D eigenvalue weighted by atomic mass is 16.5. The molecule has 39 heavy (non-hydrogen) atoms. The van der Waals surface area contributed by atoms with Gasteiger partial charge in [-0.25, -0.2) is 0 Å². The van der Waals surface area contributed by atoms with Gasteiger partial charge in [0.05, 0.1) is 30.6 Å². The summed E-state index contributed by atoms with van der Waals surface area (Å²) >= 11 is 0. The van der Waals surface area contributed by atoms with Crippen molar-refractivity contribution in [2.24, 2.45) is 17.3 Å². The van der Waals surface area contributed by atoms with Gasteiger partial charge in [0, 0.05) is 25.2 Å². The van der Waals surface area contributed by atoms with Crippen molar-refractivity contribution in [3.05, 3.63) is 25.3 Å². The number of aliphatic hydroxyl groups excluding tert-OH is 1. The van der Waals surface area contributed by atoms with E-state index in [0.29, 0.717) is 38.9 Å². The molecule has 220 valence electrons. The average Bonchev–Trinajstić information content (AvgIpc) is 3.48. The van der Waals surface area contributed by atoms with E-state index >= 15 is 0 Å². The van der Waals surface area contributed by atoms with Gasteiger partial charge in [-0.1, -0.05) is 46.8 Å². The Hall–Kier alpha value is -2.19. The number of likely N-dealkylation sites (tertiary alicyclic amines) is 1. The molecule has 3 heterocycles. The molecule has 0 aliphatic carbocycles. The van der Waals surface area contributed by atoms with Crippen LogP contribution in [-0.4, -0.2) is 93.1 Å². The number of rotatable bonds is 13. The highest BCUT2D eigenvalue weighted by Gasteiger charge is 2.75. The van der Waals surface area contributed by atoms with Crippen LogP contribution in [0.1, 0.15) is 80.6 Å². The van der Waals surface area contributed by atoms with Crippen molar-refractivity contribution in [1.29, 1.82) is 0 Å². The van der Waals surface area contributed by atoms with Gasteiger partial charge in [0.15, 0.2) is 0 Å². The SMILES string of the molecule is C=CCN(CCC)C(=O)[C@@H]1[C@H]2C(=O)N([C@@H](CC)CO)C(C(=O)N(CC=C)C(C)(C)CC(C)(C)C)C23CC[C@H]1O3. The molecule has 0 saturated carbocycles. The summed E-state index contributed by atoms with van der Waals surface area (Å²) in [5.41, 5.74) is -1.66. The van der Waals surface area contributed by atoms with Crippen LogP contribution >= 0.6 is 0 Å². The Morgan fingerprint density at radius 1 is 1.15 bits per heavy atom. The highest BCUT2D eigenvalue weighted by Crippen LogP contribution is 2.59. The van der Waals surface area contributed by atoms with Gasteiger partial charge in [-0.3, -0.25) is 14.4 Å². The van der Waals surface area contributed by atoms with Gasteiger partial charge in [-0.05, 0) is 51.4 Å². The van der Waals surface area contributed by atoms with Crippen LogP contribution in [0.25, 0.3) is 0 Å². The first kappa shape index (κ1) is 31.3. The van der Waals surface area contributed by atoms with Crippen LogP contribution < -0.4 is 0 Å². The number of carbonyl (C=O) groups excluding carboxylic acids is 3. The normalized spacial score (nSPS) is 28.8. The molecule has 2 unspecified atom stereocenters. The lowest BCUT2D eigenvalue weighted by Gasteiger charge is -2.46. The maximum Gasteiger partial charge on any atom is 0.249 e. The van der Waals surface area contributed by atoms with E-state index in [0.717, 1.165) is 12.8 Å². The Kier molecular flexibility index (Phi) is 9.43. The fourth-order valence-corrected chi connectivity index (χ4v) is 7.69. The molecule has 0 aromatic heterocycles. The Bertz CT molecular complexity index is 952. The lowest BCUT2D eigenvalue weighted by atomic mass is 9.70. The minimum atomic E-state index is -1.09. The summed E-state index contributed by atoms with van der Waals surface area (Å²) in [6, 6.07) is -1.45. The monoisotopic (exact) mass is 545 g/mol. The van der Waals surface area contributed by atoms with Crippen molar-refractivity contribution in [2.75, 3.05) is 26.2 Å². The minimum absolute atomic E-state index is 0.0417. The fourth-order valence-electron chi connectivity index (χ4n) is 7.69. The second kappa shape index (κ2) is 11.7. The summed E-state index contributed by atoms with van der Waals surface area (Å²) in [5, 5.41) is 10.3. The van der Waals surface area contributed by atoms with Crippen molar-refractivity contribution in [1.82, 2.24) is 14.7 Å². The maximum absolute atomic E-state index is 14.7. The van der Waals surface area contributed by atoms with Crippen LogP contribution in [0, 0.1) is 17.3 Å². The predicted octanol–water partition coefficient (Wildman–Crippen LogP) is 3.79. The predicted molar refractivity (Wildman–Crippen MR) is 153 cm³/mol. The number of fused-ring (bicyclic) bond motifs is 1. The molecule has 3 aliphatic rings. The molecule has 1 N–H and O–H groups in total. The standard InChI is InChI=1S/C31H51N3O5/c1-10-16-32(17-11-2)26(36)23-22-14-15-31(39-22)24(23)27(37)34(21(13-4)19-35)25(31)28(38)33(18-12-3)30(8,9)20-29(5,6)7/h10,12,21-25,35H,1,3,11,13-20H2,2,4-9H3/t21-,22+,23-,24-,25?,31?/m0/s1. The highest BCUT2D eigenvalue weighted by molar-refractivity contribution is 5.99. The molecule has 8 nitrogen and oxygen atoms in total. The Morgan fingerprint density at radius 2 is 1.79 bits per heavy atom. The summed E-state index contributed by atoms with van der Waals surface area (Å²) < 4.78 is 6.65. The third kappa shape index (κ3) is 5.56. The van der Waals surface area contributed by atoms with Gasteiger partial charge >= 0.3 is 0 Å². The van der Waals surface area contributed by atoms with Crippen molar-refractivity contribution in [3.8, 4) is 0 Å². The molecule has 0 radical (unpaired) electrons. The number of nitrogens with zero attached hydrogens (tertiary/aromatic N) is 3. The van der Waals surface area contributed by atoms with Crippen LogP contribution in [-0.2, 0) is 19.1 Å². The first-order chi connectivity index (χ1) is 18.2. The zero-order valence-electron chi connectivity index (χ0n) is 25.2. The van der Waals surface area contributed by atoms with E-state index in [1.807, 2.05) is 18.7 Å². The number of ether oxygens (including phenoxy) is 1. The largest absolute Gasteiger partial charge is 0.394 e. The lowest BCUT2D eigenvalue weighted by Crippen LogP contribution is -2.62. The molecule has 2 bridgehead atoms. The number of hydrogen-bond acceptors (Lipinski definition) is 5. The minimum Gasteiger partial charge on any atom is -0.394 e. The van der Waals surface area contributed by atoms with Crippen LogP contribution in [0.3, 0.4) is 0 Å². The molecule has 3 rings (SSSR count). The quantitative estimate of drug-likeness (QED) is 0.356. The van der Waals surface area contributed by atoms with E-state index in [2.05, 4.69) is 47.8 Å². The first-order valence-corrected chi connectivity index (χ1v) is 14.7. The van der Waals surface area contributed by atoms with Crippen molar-refractivity contribution < 1.29 is 24.2 Å². The lowest BCUT2D eigenvalue weighted by molar-refractivity contribution is -0.156. The van der Waals surface area contributed by atoms with Gasteiger partial charge in [0.1, 0.15) is 11.6 Å². The molecule has 8 heteroatoms. The molecule has 3 amide bonds. The summed E-state index contributed by atoms with van der Waals surface area (Å²) in [7, 11) is 0. The number of carbonyl (C=O) groups is 3. The summed E-state index contributed by atoms with van der Waals surface area (Å²) in [6.45, 7) is 23.2. The van der Waals surface area contributed by atoms with Crippen LogP contribution in [0.2, 0.25) is 0 Å². The van der Waals surface area contributed by atoms with Gasteiger partial charge in [0.2, 0.25) is 17.7 Å². The van der Waals surface area contributed by atoms with E-state index in [9.17, 15) is 19.5 Å². The van der Waals surface area contributed by atoms with Crippen LogP contribution in [0.5, 0.6) is 0 Å². The Morgan fingerprint density at radius 3 is 2.31 bits per heavy atom. The molecule has 6 atom stereocenters. The third-order valence-electron chi connectivity index (χ3n) is 8.76. The van der Waals surface area contributed by atoms with Gasteiger partial charge in [0.25, 0.3) is 0 Å². The molecular weight excluding hydrogens is 494 g/mol. The Balaban J connectivity index is 2.12. The van der Waals surface area contributed by atoms with Crippen LogP contribution in [0.15, 0.2) is 25.3 Å². The molecule has 1 spiro atoms. The molecule has 0 aromatic carbocycles. The second-order valence-electron chi connectivity index (χ2n) is 13.4. The smallest absolute Gasteiger partial charge is 0.249 e. The maximum atomic E-state index is 14.7. The van der Waals surface area contributed by atoms with E-state index in [1.165, 1.54) is 0 Å². The zero-order valence-corrected chi connectivity index (χ0v) is 25.2. The third-order valence-corrected chi connectivity index (χ3v) is 8.76. The van der Waals surface area contributed by atoms with Crippen molar-refractivity contribution in [3.63, 3.8) is 0 Å². The van der Waals surface area contributed by atoms with Crippen LogP contribution in [0.4, 0.5) is 0 Å². The van der Waals surface area contributed by atoms with E-state index < -0.39 is 41.2 Å². The summed E-state index contributed by atoms with van der Waals surface area (Å²) in [5.74, 6) is -1.96. The molecule has 3 aliphatic heterocycles. The fraction of sp³-hybridized carbons (Fsp3) is 0.774. The topological polar surface area (TPSA) is 90.4 Å². The number of amides is 3. The second-order valence-corrected chi connectivity index (χ2v) is 13.4. The van der Waals surface area contributed by atoms with Gasteiger partial charge in [-0.15, -0.1) is 13.2 Å². The first-order valence-electron chi connectivity index (χ1n) is 14.7. The molecule has 3 fully saturated rings. The molecular formula is C31H51N3O5. The van der Waals surface area contributed by atoms with E-state index in [-0.39, 0.29) is 29.7 Å². The number of hydrogen-bond donors (Lipinski definition) is 1. The van der Waals surface area contributed by atoms with E-state index in [1.54, 1.807) is 22.0 Å².